The van der Waals surface area contributed by atoms with Crippen LogP contribution in [0.1, 0.15) is 88.5 Å². The molecule has 4 heterocycles. The number of carbonyl (C=O) groups excluding carboxylic acids is 12. The molecule has 2 saturated heterocycles. The molecule has 4 aromatic rings. The van der Waals surface area contributed by atoms with E-state index in [4.69, 9.17) is 60.5 Å². The van der Waals surface area contributed by atoms with E-state index in [0.29, 0.717) is 41.3 Å². The molecule has 6 rings (SSSR count). The third-order valence-electron chi connectivity index (χ3n) is 19.7. The number of nitrogens with one attached hydrogen (secondary N) is 13. The number of nitrogens with zero attached hydrogens (tertiary/aromatic N) is 7. The molecule has 48 heteroatoms. The molecule has 2 aliphatic heterocycles. The van der Waals surface area contributed by atoms with Crippen LogP contribution in [0.15, 0.2) is 73.3 Å². The van der Waals surface area contributed by atoms with Gasteiger partial charge in [0, 0.05) is 146 Å². The quantitative estimate of drug-likeness (QED) is 0.00847. The number of nitrogens with two attached hydrogens (primary N) is 3. The molecule has 2 aliphatic rings. The molecule has 0 saturated carbocycles. The molecule has 44 nitrogen and oxygen atoms in total. The molecule has 0 bridgehead atoms. The average Bonchev–Trinajstić information content (AvgIpc) is 1.71. The Hall–Kier alpha value is -10.5. The van der Waals surface area contributed by atoms with Gasteiger partial charge in [-0.1, -0.05) is 62.4 Å². The number of aromatic amines is 2. The van der Waals surface area contributed by atoms with Gasteiger partial charge in [0.2, 0.25) is 59.1 Å². The summed E-state index contributed by atoms with van der Waals surface area (Å²) in [7, 11) is 0. The number of rotatable bonds is 47. The average molecular weight is 1950 g/mol. The number of para-hydroxylation sites is 1. The van der Waals surface area contributed by atoms with Crippen molar-refractivity contribution in [3.05, 3.63) is 95.5 Å². The number of carboxylic acids is 4. The van der Waals surface area contributed by atoms with E-state index < -0.39 is 211 Å². The summed E-state index contributed by atoms with van der Waals surface area (Å²) in [6.45, 7) is 2.48. The number of aliphatic carboxylic acids is 4. The Labute approximate surface area is 738 Å². The zero-order chi connectivity index (χ0) is 89.0. The SMILES string of the molecule is CC(C)C(NC(=O)C1CCCN1C(=O)C(CCCCN)NC(=O)C([S-])NC(=O)C(Cc1c[nH]c2ccccc12)NC(=O)C(CCCNC(=N)N)NC(=O)[C@H](Cc1ccccc1)NC(=O)C(Cc1cnc[nH]1)NC(=O)C(CCC(=O)O)NC(=O)C([S-])[N-]C(=O)C([S-])NC(=O)CN1CCN(CC(=O)O)CCN(CC(=O)O)CCN(CC(=O)O)CC1)C(N)=O.[OH-].[Re]. The van der Waals surface area contributed by atoms with Gasteiger partial charge in [-0.2, -0.15) is 5.37 Å². The van der Waals surface area contributed by atoms with Crippen LogP contribution in [-0.2, 0) is 154 Å². The van der Waals surface area contributed by atoms with E-state index in [1.54, 1.807) is 84.4 Å². The number of imidazole rings is 1. The van der Waals surface area contributed by atoms with Crippen molar-refractivity contribution in [3.63, 3.8) is 0 Å². The van der Waals surface area contributed by atoms with Crippen molar-refractivity contribution >= 4 is 150 Å². The van der Waals surface area contributed by atoms with E-state index in [1.807, 2.05) is 0 Å². The van der Waals surface area contributed by atoms with Gasteiger partial charge < -0.3 is 159 Å². The number of guanidine groups is 1. The topological polar surface area (TPSA) is 681 Å². The normalized spacial score (nSPS) is 16.7. The Balaban J connectivity index is 0.0000159. The van der Waals surface area contributed by atoms with Gasteiger partial charge in [0.25, 0.3) is 0 Å². The molecule has 123 heavy (non-hydrogen) atoms. The number of carbonyl (C=O) groups is 16. The number of benzene rings is 2. The maximum Gasteiger partial charge on any atom is 0.317 e. The maximum atomic E-state index is 15.1. The van der Waals surface area contributed by atoms with Crippen LogP contribution in [0.2, 0.25) is 0 Å². The van der Waals surface area contributed by atoms with Crippen molar-refractivity contribution in [1.29, 1.82) is 5.41 Å². The first-order chi connectivity index (χ1) is 57.5. The third-order valence-corrected chi connectivity index (χ3v) is 20.7. The Morgan fingerprint density at radius 1 is 0.553 bits per heavy atom. The van der Waals surface area contributed by atoms with Gasteiger partial charge in [-0.05, 0) is 91.8 Å². The Morgan fingerprint density at radius 3 is 1.58 bits per heavy atom. The minimum absolute atomic E-state index is 0. The van der Waals surface area contributed by atoms with E-state index in [2.05, 4.69) is 73.4 Å². The van der Waals surface area contributed by atoms with Gasteiger partial charge in [-0.25, -0.2) is 4.98 Å². The minimum Gasteiger partial charge on any atom is -0.870 e. The van der Waals surface area contributed by atoms with Gasteiger partial charge in [-0.3, -0.25) is 96.9 Å². The summed E-state index contributed by atoms with van der Waals surface area (Å²) in [6.07, 6.45) is 2.95. The zero-order valence-electron chi connectivity index (χ0n) is 67.7. The molecule has 11 atom stereocenters. The molecule has 679 valence electrons. The van der Waals surface area contributed by atoms with Crippen LogP contribution < -0.4 is 70.4 Å². The fraction of sp³-hybridized carbons (Fsp3) is 0.547. The van der Waals surface area contributed by atoms with Crippen molar-refractivity contribution in [2.45, 2.75) is 155 Å². The summed E-state index contributed by atoms with van der Waals surface area (Å²) in [5.74, 6) is -17.6. The summed E-state index contributed by atoms with van der Waals surface area (Å²) in [4.78, 5) is 235. The van der Waals surface area contributed by atoms with E-state index in [0.717, 1.165) is 0 Å². The predicted octanol–water partition coefficient (Wildman–Crippen LogP) is -6.25. The molecule has 24 N–H and O–H groups in total. The van der Waals surface area contributed by atoms with Crippen LogP contribution >= 0.6 is 0 Å². The monoisotopic (exact) mass is 1950 g/mol. The minimum atomic E-state index is -2.10. The molecule has 10 unspecified atom stereocenters. The molecular weight excluding hydrogens is 1840 g/mol. The van der Waals surface area contributed by atoms with E-state index in [9.17, 15) is 87.5 Å². The number of hydrogen-bond donors (Lipinski definition) is 20. The van der Waals surface area contributed by atoms with Crippen LogP contribution in [0.4, 0.5) is 0 Å². The second kappa shape index (κ2) is 53.5. The molecule has 2 aromatic carbocycles. The number of primary amides is 1. The molecule has 12 amide bonds. The summed E-state index contributed by atoms with van der Waals surface area (Å²) < 4.78 is 0. The van der Waals surface area contributed by atoms with Crippen molar-refractivity contribution in [2.24, 2.45) is 23.1 Å². The largest absolute Gasteiger partial charge is 0.870 e. The van der Waals surface area contributed by atoms with E-state index >= 15 is 9.59 Å². The summed E-state index contributed by atoms with van der Waals surface area (Å²) >= 11 is 16.1. The smallest absolute Gasteiger partial charge is 0.317 e. The number of aromatic nitrogens is 3. The molecule has 0 spiro atoms. The summed E-state index contributed by atoms with van der Waals surface area (Å²) in [5.41, 5.74) is 18.8. The fourth-order valence-corrected chi connectivity index (χ4v) is 13.9. The molecular formula is C75H108N23O21ReS3-5. The molecule has 0 aliphatic carbocycles. The third kappa shape index (κ3) is 36.4. The number of likely N-dealkylation sites (tertiary alicyclic amines) is 1. The number of H-pyrrole nitrogens is 2. The number of fused-ring (bicyclic) bond motifs is 1. The number of hydrogen-bond acceptors (Lipinski definition) is 27. The van der Waals surface area contributed by atoms with E-state index in [-0.39, 0.29) is 148 Å². The van der Waals surface area contributed by atoms with Gasteiger partial charge >= 0.3 is 23.9 Å². The molecule has 1 radical (unpaired) electrons. The van der Waals surface area contributed by atoms with Crippen LogP contribution in [-0.4, -0.2) is 329 Å². The van der Waals surface area contributed by atoms with E-state index in [1.165, 1.54) is 27.2 Å². The van der Waals surface area contributed by atoms with Crippen LogP contribution in [0.3, 0.4) is 0 Å². The zero-order valence-corrected chi connectivity index (χ0v) is 72.8. The fourth-order valence-electron chi connectivity index (χ4n) is 13.4. The number of amides is 12. The Morgan fingerprint density at radius 2 is 1.05 bits per heavy atom. The van der Waals surface area contributed by atoms with Gasteiger partial charge in [0.15, 0.2) is 11.9 Å². The second-order valence-electron chi connectivity index (χ2n) is 29.4. The first-order valence-electron chi connectivity index (χ1n) is 39.1. The van der Waals surface area contributed by atoms with Crippen molar-refractivity contribution in [2.75, 3.05) is 98.2 Å². The van der Waals surface area contributed by atoms with Crippen LogP contribution in [0.5, 0.6) is 0 Å². The molecule has 2 aromatic heterocycles. The van der Waals surface area contributed by atoms with Crippen LogP contribution in [0, 0.1) is 11.3 Å². The Bertz CT molecular complexity index is 4210. The van der Waals surface area contributed by atoms with Gasteiger partial charge in [-0.15, -0.1) is 0 Å². The van der Waals surface area contributed by atoms with Crippen molar-refractivity contribution in [1.82, 2.24) is 92.6 Å². The summed E-state index contributed by atoms with van der Waals surface area (Å²) in [5, 5.41) is 70.3. The number of carboxylic acid groups (broad SMARTS) is 4. The first-order valence-corrected chi connectivity index (χ1v) is 40.6. The maximum absolute atomic E-state index is 15.1. The predicted molar refractivity (Wildman–Crippen MR) is 444 cm³/mol. The second-order valence-corrected chi connectivity index (χ2v) is 30.8. The standard InChI is InChI=1S/C75H111N23O20S3.H2O.Re/c1-42(2)60(61(77)108)91-67(114)54-18-11-23-98(54)74(118)50(16-8-9-21-76)86-69(116)72(120)92-66(113)52(33-44-35-82-47-15-7-6-14-46(44)47)88-62(109)48(17-10-22-81-75(78)79)84-64(111)51(32-43-12-4-3-5-13-43)87-65(112)53(34-45-36-80-41-83-45)89-63(110)49(19-20-56(100)101)85-68(115)73(121)93-70(117)71(119)90-55(99)37-94-24-26-95(38-57(102)103)28-30-97(40-59(106)107)31-29-96(27-25-94)39-58(104)105;;/h3-7,12-15,35-36,41-42,48-54,60,71-73,82H,8-11,16-34,37-40,76H2,1-2H3,(H24,77,78,79,80,81,83,84,85,86,87,88,89,90,91,92,93,99,100,101,102,103,104,105,106,107,108,109,110,111,112,113,114,115,116,117,119,120,121);1H2;/p-5/t48?,49?,50?,51-,52?,53?,54?,60?,71?,72?,73?;;/m0../s1. The summed E-state index contributed by atoms with van der Waals surface area (Å²) in [6, 6.07) is 3.45. The van der Waals surface area contributed by atoms with Crippen molar-refractivity contribution in [3.8, 4) is 0 Å². The van der Waals surface area contributed by atoms with Gasteiger partial charge in [0.05, 0.1) is 32.5 Å². The van der Waals surface area contributed by atoms with Crippen molar-refractivity contribution < 1.29 is 123 Å². The Kier molecular flexibility index (Phi) is 45.6. The van der Waals surface area contributed by atoms with Gasteiger partial charge in [0.1, 0.15) is 48.3 Å². The molecule has 2 fully saturated rings. The first kappa shape index (κ1) is 105. The van der Waals surface area contributed by atoms with Crippen LogP contribution in [0.25, 0.3) is 16.2 Å². The number of unbranched alkanes of at least 4 members (excludes halogenated alkanes) is 1.